The minimum Gasteiger partial charge on any atom is -0.497 e. The normalized spacial score (nSPS) is 11.0. The van der Waals surface area contributed by atoms with Crippen LogP contribution in [0.5, 0.6) is 11.5 Å². The zero-order chi connectivity index (χ0) is 18.4. The first-order chi connectivity index (χ1) is 12.7. The molecule has 0 aromatic heterocycles. The number of rotatable bonds is 7. The largest absolute Gasteiger partial charge is 0.497 e. The van der Waals surface area contributed by atoms with E-state index in [2.05, 4.69) is 13.0 Å². The van der Waals surface area contributed by atoms with Gasteiger partial charge in [-0.3, -0.25) is 4.79 Å². The van der Waals surface area contributed by atoms with Crippen molar-refractivity contribution in [1.29, 1.82) is 0 Å². The van der Waals surface area contributed by atoms with Gasteiger partial charge >= 0.3 is 0 Å². The van der Waals surface area contributed by atoms with Gasteiger partial charge in [0.05, 0.1) is 13.7 Å². The van der Waals surface area contributed by atoms with Gasteiger partial charge in [0.25, 0.3) is 0 Å². The summed E-state index contributed by atoms with van der Waals surface area (Å²) < 4.78 is 11.0. The third-order valence-corrected chi connectivity index (χ3v) is 4.17. The Hall–Kier alpha value is -3.07. The Kier molecular flexibility index (Phi) is 5.69. The van der Waals surface area contributed by atoms with Gasteiger partial charge in [0.15, 0.2) is 5.78 Å². The van der Waals surface area contributed by atoms with E-state index in [0.29, 0.717) is 12.2 Å². The third-order valence-electron chi connectivity index (χ3n) is 4.17. The Morgan fingerprint density at radius 3 is 2.50 bits per heavy atom. The van der Waals surface area contributed by atoms with Gasteiger partial charge < -0.3 is 9.47 Å². The smallest absolute Gasteiger partial charge is 0.185 e. The molecule has 0 aliphatic carbocycles. The summed E-state index contributed by atoms with van der Waals surface area (Å²) in [5, 5.41) is 2.19. The van der Waals surface area contributed by atoms with E-state index in [9.17, 15) is 4.79 Å². The summed E-state index contributed by atoms with van der Waals surface area (Å²) in [5.41, 5.74) is 1.55. The SMILES string of the molecule is CCCOc1ccc2ccccc2c1/C=C/C(=O)c1ccc(OC)cc1. The van der Waals surface area contributed by atoms with Crippen LogP contribution in [0.3, 0.4) is 0 Å². The van der Waals surface area contributed by atoms with Gasteiger partial charge in [-0.2, -0.15) is 0 Å². The first-order valence-electron chi connectivity index (χ1n) is 8.74. The maximum atomic E-state index is 12.5. The average Bonchev–Trinajstić information content (AvgIpc) is 2.70. The van der Waals surface area contributed by atoms with E-state index in [1.165, 1.54) is 0 Å². The minimum atomic E-state index is -0.0537. The van der Waals surface area contributed by atoms with Gasteiger partial charge in [0.1, 0.15) is 11.5 Å². The van der Waals surface area contributed by atoms with Gasteiger partial charge in [-0.1, -0.05) is 37.3 Å². The van der Waals surface area contributed by atoms with Crippen molar-refractivity contribution in [2.24, 2.45) is 0 Å². The molecule has 26 heavy (non-hydrogen) atoms. The Morgan fingerprint density at radius 1 is 1.00 bits per heavy atom. The zero-order valence-corrected chi connectivity index (χ0v) is 15.1. The lowest BCUT2D eigenvalue weighted by Crippen LogP contribution is -1.98. The summed E-state index contributed by atoms with van der Waals surface area (Å²) in [7, 11) is 1.61. The van der Waals surface area contributed by atoms with Crippen LogP contribution in [0.1, 0.15) is 29.3 Å². The highest BCUT2D eigenvalue weighted by molar-refractivity contribution is 6.08. The minimum absolute atomic E-state index is 0.0537. The van der Waals surface area contributed by atoms with Crippen LogP contribution in [-0.2, 0) is 0 Å². The van der Waals surface area contributed by atoms with E-state index in [1.807, 2.05) is 36.4 Å². The predicted molar refractivity (Wildman–Crippen MR) is 106 cm³/mol. The first kappa shape index (κ1) is 17.7. The molecule has 132 valence electrons. The van der Waals surface area contributed by atoms with Crippen LogP contribution < -0.4 is 9.47 Å². The Morgan fingerprint density at radius 2 is 1.77 bits per heavy atom. The quantitative estimate of drug-likeness (QED) is 0.416. The van der Waals surface area contributed by atoms with Crippen molar-refractivity contribution in [2.45, 2.75) is 13.3 Å². The molecule has 0 saturated heterocycles. The molecule has 0 bridgehead atoms. The van der Waals surface area contributed by atoms with Crippen molar-refractivity contribution in [2.75, 3.05) is 13.7 Å². The highest BCUT2D eigenvalue weighted by Gasteiger charge is 2.08. The maximum absolute atomic E-state index is 12.5. The number of fused-ring (bicyclic) bond motifs is 1. The van der Waals surface area contributed by atoms with Gasteiger partial charge in [-0.15, -0.1) is 0 Å². The van der Waals surface area contributed by atoms with Gasteiger partial charge in [-0.25, -0.2) is 0 Å². The van der Waals surface area contributed by atoms with Crippen LogP contribution in [-0.4, -0.2) is 19.5 Å². The van der Waals surface area contributed by atoms with Crippen LogP contribution in [0.15, 0.2) is 66.7 Å². The second-order valence-corrected chi connectivity index (χ2v) is 5.97. The molecule has 3 rings (SSSR count). The fourth-order valence-electron chi connectivity index (χ4n) is 2.80. The summed E-state index contributed by atoms with van der Waals surface area (Å²) in [6.45, 7) is 2.72. The van der Waals surface area contributed by atoms with E-state index < -0.39 is 0 Å². The van der Waals surface area contributed by atoms with Crippen molar-refractivity contribution in [1.82, 2.24) is 0 Å². The second kappa shape index (κ2) is 8.34. The van der Waals surface area contributed by atoms with Crippen molar-refractivity contribution < 1.29 is 14.3 Å². The lowest BCUT2D eigenvalue weighted by atomic mass is 10.0. The highest BCUT2D eigenvalue weighted by Crippen LogP contribution is 2.29. The van der Waals surface area contributed by atoms with Crippen LogP contribution in [0, 0.1) is 0 Å². The number of hydrogen-bond donors (Lipinski definition) is 0. The van der Waals surface area contributed by atoms with E-state index in [4.69, 9.17) is 9.47 Å². The molecule has 0 unspecified atom stereocenters. The summed E-state index contributed by atoms with van der Waals surface area (Å²) in [4.78, 5) is 12.5. The number of hydrogen-bond acceptors (Lipinski definition) is 3. The molecule has 3 heteroatoms. The van der Waals surface area contributed by atoms with Crippen LogP contribution in [0.4, 0.5) is 0 Å². The summed E-state index contributed by atoms with van der Waals surface area (Å²) in [5.74, 6) is 1.47. The molecule has 3 aromatic rings. The number of ether oxygens (including phenoxy) is 2. The molecule has 0 heterocycles. The van der Waals surface area contributed by atoms with Crippen LogP contribution in [0.2, 0.25) is 0 Å². The number of ketones is 1. The van der Waals surface area contributed by atoms with Crippen molar-refractivity contribution >= 4 is 22.6 Å². The predicted octanol–water partition coefficient (Wildman–Crippen LogP) is 5.53. The summed E-state index contributed by atoms with van der Waals surface area (Å²) in [6, 6.07) is 19.2. The average molecular weight is 346 g/mol. The van der Waals surface area contributed by atoms with E-state index in [0.717, 1.165) is 34.3 Å². The Balaban J connectivity index is 1.94. The first-order valence-corrected chi connectivity index (χ1v) is 8.74. The molecule has 0 saturated carbocycles. The van der Waals surface area contributed by atoms with E-state index in [1.54, 1.807) is 37.5 Å². The molecule has 0 radical (unpaired) electrons. The Bertz CT molecular complexity index is 924. The van der Waals surface area contributed by atoms with Gasteiger partial charge in [-0.05, 0) is 59.7 Å². The van der Waals surface area contributed by atoms with Crippen molar-refractivity contribution in [3.05, 3.63) is 77.9 Å². The molecule has 3 aromatic carbocycles. The highest BCUT2D eigenvalue weighted by atomic mass is 16.5. The number of benzene rings is 3. The molecule has 0 amide bonds. The van der Waals surface area contributed by atoms with Gasteiger partial charge in [0.2, 0.25) is 0 Å². The number of methoxy groups -OCH3 is 1. The molecule has 0 N–H and O–H groups in total. The number of carbonyl (C=O) groups is 1. The van der Waals surface area contributed by atoms with E-state index in [-0.39, 0.29) is 5.78 Å². The number of allylic oxidation sites excluding steroid dienone is 1. The second-order valence-electron chi connectivity index (χ2n) is 5.97. The standard InChI is InChI=1S/C23H22O3/c1-3-16-26-23-15-10-17-6-4-5-7-20(17)21(23)13-14-22(24)18-8-11-19(25-2)12-9-18/h4-15H,3,16H2,1-2H3/b14-13+. The molecule has 0 aliphatic heterocycles. The van der Waals surface area contributed by atoms with E-state index >= 15 is 0 Å². The summed E-state index contributed by atoms with van der Waals surface area (Å²) in [6.07, 6.45) is 4.38. The zero-order valence-electron chi connectivity index (χ0n) is 15.1. The summed E-state index contributed by atoms with van der Waals surface area (Å²) >= 11 is 0. The molecule has 0 fully saturated rings. The molecule has 0 spiro atoms. The molecule has 0 atom stereocenters. The third kappa shape index (κ3) is 3.94. The molecular weight excluding hydrogens is 324 g/mol. The number of carbonyl (C=O) groups excluding carboxylic acids is 1. The van der Waals surface area contributed by atoms with Crippen molar-refractivity contribution in [3.63, 3.8) is 0 Å². The Labute approximate surface area is 153 Å². The molecule has 3 nitrogen and oxygen atoms in total. The lowest BCUT2D eigenvalue weighted by molar-refractivity contribution is 0.104. The monoisotopic (exact) mass is 346 g/mol. The van der Waals surface area contributed by atoms with Gasteiger partial charge in [0, 0.05) is 11.1 Å². The maximum Gasteiger partial charge on any atom is 0.185 e. The van der Waals surface area contributed by atoms with Crippen LogP contribution in [0.25, 0.3) is 16.8 Å². The topological polar surface area (TPSA) is 35.5 Å². The fourth-order valence-corrected chi connectivity index (χ4v) is 2.80. The lowest BCUT2D eigenvalue weighted by Gasteiger charge is -2.11. The fraction of sp³-hybridized carbons (Fsp3) is 0.174. The molecular formula is C23H22O3. The molecule has 0 aliphatic rings. The van der Waals surface area contributed by atoms with Crippen LogP contribution >= 0.6 is 0 Å². The van der Waals surface area contributed by atoms with Crippen molar-refractivity contribution in [3.8, 4) is 11.5 Å².